The molecule has 0 bridgehead atoms. The lowest BCUT2D eigenvalue weighted by Gasteiger charge is -2.05. The van der Waals surface area contributed by atoms with Crippen molar-refractivity contribution in [2.45, 2.75) is 5.75 Å². The van der Waals surface area contributed by atoms with Crippen LogP contribution in [0.2, 0.25) is 0 Å². The predicted octanol–water partition coefficient (Wildman–Crippen LogP) is 4.23. The fourth-order valence-electron chi connectivity index (χ4n) is 1.74. The third-order valence-corrected chi connectivity index (χ3v) is 3.31. The molecule has 0 aliphatic rings. The minimum atomic E-state index is 0.896. The summed E-state index contributed by atoms with van der Waals surface area (Å²) in [6.07, 6.45) is 2.12. The van der Waals surface area contributed by atoms with Crippen LogP contribution in [0.3, 0.4) is 0 Å². The largest absolute Gasteiger partial charge is 0.497 e. The van der Waals surface area contributed by atoms with Crippen LogP contribution in [-0.2, 0) is 5.75 Å². The highest BCUT2D eigenvalue weighted by molar-refractivity contribution is 7.97. The lowest BCUT2D eigenvalue weighted by Crippen LogP contribution is -1.84. The monoisotopic (exact) mass is 244 g/mol. The molecule has 88 valence electrons. The van der Waals surface area contributed by atoms with Gasteiger partial charge in [0.2, 0.25) is 0 Å². The Labute approximate surface area is 107 Å². The molecule has 0 aliphatic carbocycles. The van der Waals surface area contributed by atoms with Crippen molar-refractivity contribution in [3.05, 3.63) is 54.1 Å². The molecule has 0 aromatic heterocycles. The zero-order valence-corrected chi connectivity index (χ0v) is 11.0. The Morgan fingerprint density at radius 1 is 0.882 bits per heavy atom. The molecule has 2 heteroatoms. The molecule has 0 N–H and O–H groups in total. The molecule has 0 aliphatic heterocycles. The molecule has 1 nitrogen and oxygen atoms in total. The van der Waals surface area contributed by atoms with Crippen LogP contribution >= 0.6 is 11.8 Å². The van der Waals surface area contributed by atoms with Crippen molar-refractivity contribution >= 4 is 11.8 Å². The van der Waals surface area contributed by atoms with Crippen molar-refractivity contribution in [3.8, 4) is 16.9 Å². The van der Waals surface area contributed by atoms with Crippen LogP contribution in [0.15, 0.2) is 48.5 Å². The maximum Gasteiger partial charge on any atom is 0.118 e. The highest BCUT2D eigenvalue weighted by Crippen LogP contribution is 2.23. The molecule has 2 rings (SSSR count). The molecule has 17 heavy (non-hydrogen) atoms. The topological polar surface area (TPSA) is 9.23 Å². The Bertz CT molecular complexity index is 459. The maximum atomic E-state index is 5.15. The first kappa shape index (κ1) is 12.1. The molecule has 2 aromatic rings. The summed E-state index contributed by atoms with van der Waals surface area (Å²) < 4.78 is 5.15. The van der Waals surface area contributed by atoms with Gasteiger partial charge in [-0.1, -0.05) is 36.4 Å². The Morgan fingerprint density at radius 2 is 1.41 bits per heavy atom. The van der Waals surface area contributed by atoms with E-state index in [1.807, 2.05) is 23.9 Å². The van der Waals surface area contributed by atoms with Gasteiger partial charge >= 0.3 is 0 Å². The quantitative estimate of drug-likeness (QED) is 0.796. The molecule has 0 radical (unpaired) electrons. The lowest BCUT2D eigenvalue weighted by atomic mass is 10.0. The summed E-state index contributed by atoms with van der Waals surface area (Å²) in [7, 11) is 1.69. The summed E-state index contributed by atoms with van der Waals surface area (Å²) in [6.45, 7) is 0. The zero-order valence-electron chi connectivity index (χ0n) is 10.1. The molecule has 0 atom stereocenters. The molecule has 0 saturated heterocycles. The molecule has 0 fully saturated rings. The first-order chi connectivity index (χ1) is 8.33. The summed E-state index contributed by atoms with van der Waals surface area (Å²) in [5.41, 5.74) is 3.84. The van der Waals surface area contributed by atoms with E-state index in [0.717, 1.165) is 11.5 Å². The van der Waals surface area contributed by atoms with Crippen LogP contribution in [0.5, 0.6) is 5.75 Å². The third-order valence-electron chi connectivity index (χ3n) is 2.69. The van der Waals surface area contributed by atoms with Gasteiger partial charge in [0.1, 0.15) is 5.75 Å². The van der Waals surface area contributed by atoms with Crippen molar-refractivity contribution in [1.82, 2.24) is 0 Å². The number of methoxy groups -OCH3 is 1. The second kappa shape index (κ2) is 5.78. The summed E-state index contributed by atoms with van der Waals surface area (Å²) in [4.78, 5) is 0. The van der Waals surface area contributed by atoms with Gasteiger partial charge in [0.05, 0.1) is 7.11 Å². The maximum absolute atomic E-state index is 5.15. The second-order valence-electron chi connectivity index (χ2n) is 3.86. The molecular weight excluding hydrogens is 228 g/mol. The van der Waals surface area contributed by atoms with Crippen molar-refractivity contribution in [1.29, 1.82) is 0 Å². The van der Waals surface area contributed by atoms with Gasteiger partial charge in [-0.25, -0.2) is 0 Å². The van der Waals surface area contributed by atoms with Gasteiger partial charge in [-0.3, -0.25) is 0 Å². The van der Waals surface area contributed by atoms with Gasteiger partial charge in [-0.2, -0.15) is 11.8 Å². The average Bonchev–Trinajstić information content (AvgIpc) is 2.40. The fraction of sp³-hybridized carbons (Fsp3) is 0.200. The van der Waals surface area contributed by atoms with E-state index in [1.165, 1.54) is 16.7 Å². The predicted molar refractivity (Wildman–Crippen MR) is 75.6 cm³/mol. The fourth-order valence-corrected chi connectivity index (χ4v) is 2.27. The van der Waals surface area contributed by atoms with E-state index in [2.05, 4.69) is 42.7 Å². The molecule has 0 heterocycles. The van der Waals surface area contributed by atoms with Crippen LogP contribution in [0.1, 0.15) is 5.56 Å². The van der Waals surface area contributed by atoms with E-state index in [4.69, 9.17) is 4.74 Å². The number of hydrogen-bond donors (Lipinski definition) is 0. The van der Waals surface area contributed by atoms with Gasteiger partial charge in [-0.05, 0) is 35.1 Å². The standard InChI is InChI=1S/C15H16OS/c1-16-15-9-7-14(8-10-15)13-5-3-12(4-6-13)11-17-2/h3-10H,11H2,1-2H3. The highest BCUT2D eigenvalue weighted by Gasteiger charge is 1.98. The van der Waals surface area contributed by atoms with Crippen molar-refractivity contribution < 1.29 is 4.74 Å². The minimum Gasteiger partial charge on any atom is -0.497 e. The molecule has 0 amide bonds. The van der Waals surface area contributed by atoms with Crippen LogP contribution in [0, 0.1) is 0 Å². The SMILES string of the molecule is COc1ccc(-c2ccc(CSC)cc2)cc1. The second-order valence-corrected chi connectivity index (χ2v) is 4.72. The minimum absolute atomic E-state index is 0.896. The first-order valence-electron chi connectivity index (χ1n) is 5.56. The van der Waals surface area contributed by atoms with Crippen LogP contribution < -0.4 is 4.74 Å². The average molecular weight is 244 g/mol. The van der Waals surface area contributed by atoms with Gasteiger partial charge in [-0.15, -0.1) is 0 Å². The molecule has 0 unspecified atom stereocenters. The van der Waals surface area contributed by atoms with E-state index in [0.29, 0.717) is 0 Å². The van der Waals surface area contributed by atoms with Gasteiger partial charge < -0.3 is 4.74 Å². The first-order valence-corrected chi connectivity index (χ1v) is 6.95. The van der Waals surface area contributed by atoms with Crippen molar-refractivity contribution in [3.63, 3.8) is 0 Å². The van der Waals surface area contributed by atoms with E-state index < -0.39 is 0 Å². The number of rotatable bonds is 4. The molecule has 2 aromatic carbocycles. The summed E-state index contributed by atoms with van der Waals surface area (Å²) in [5, 5.41) is 0. The smallest absolute Gasteiger partial charge is 0.118 e. The van der Waals surface area contributed by atoms with Crippen LogP contribution in [-0.4, -0.2) is 13.4 Å². The van der Waals surface area contributed by atoms with E-state index in [9.17, 15) is 0 Å². The summed E-state index contributed by atoms with van der Waals surface area (Å²) in [6, 6.07) is 16.9. The highest BCUT2D eigenvalue weighted by atomic mass is 32.2. The van der Waals surface area contributed by atoms with E-state index >= 15 is 0 Å². The number of ether oxygens (including phenoxy) is 1. The van der Waals surface area contributed by atoms with E-state index in [-0.39, 0.29) is 0 Å². The Hall–Kier alpha value is -1.41. The van der Waals surface area contributed by atoms with Gasteiger partial charge in [0.15, 0.2) is 0 Å². The van der Waals surface area contributed by atoms with Gasteiger partial charge in [0, 0.05) is 5.75 Å². The van der Waals surface area contributed by atoms with Crippen molar-refractivity contribution in [2.75, 3.05) is 13.4 Å². The Balaban J connectivity index is 2.20. The molecular formula is C15H16OS. The molecule has 0 saturated carbocycles. The normalized spacial score (nSPS) is 10.2. The van der Waals surface area contributed by atoms with E-state index in [1.54, 1.807) is 7.11 Å². The summed E-state index contributed by atoms with van der Waals surface area (Å²) >= 11 is 1.84. The third kappa shape index (κ3) is 3.04. The van der Waals surface area contributed by atoms with Gasteiger partial charge in [0.25, 0.3) is 0 Å². The summed E-state index contributed by atoms with van der Waals surface area (Å²) in [5.74, 6) is 1.97. The van der Waals surface area contributed by atoms with Crippen LogP contribution in [0.25, 0.3) is 11.1 Å². The number of benzene rings is 2. The number of hydrogen-bond acceptors (Lipinski definition) is 2. The van der Waals surface area contributed by atoms with Crippen LogP contribution in [0.4, 0.5) is 0 Å². The lowest BCUT2D eigenvalue weighted by molar-refractivity contribution is 0.415. The number of thioether (sulfide) groups is 1. The zero-order chi connectivity index (χ0) is 12.1. The Morgan fingerprint density at radius 3 is 1.88 bits per heavy atom. The molecule has 0 spiro atoms. The van der Waals surface area contributed by atoms with Crippen molar-refractivity contribution in [2.24, 2.45) is 0 Å². The Kier molecular flexibility index (Phi) is 4.10.